The topological polar surface area (TPSA) is 68.2 Å². The molecule has 0 saturated carbocycles. The summed E-state index contributed by atoms with van der Waals surface area (Å²) in [5, 5.41) is 5.24. The van der Waals surface area contributed by atoms with Crippen molar-refractivity contribution in [3.8, 4) is 0 Å². The molecule has 0 bridgehead atoms. The molecular weight excluding hydrogens is 276 g/mol. The molecule has 5 nitrogen and oxygen atoms in total. The maximum atomic E-state index is 11.9. The summed E-state index contributed by atoms with van der Waals surface area (Å²) >= 11 is 0. The van der Waals surface area contributed by atoms with Crippen LogP contribution < -0.4 is 10.9 Å². The van der Waals surface area contributed by atoms with Crippen LogP contribution in [0, 0.1) is 0 Å². The molecule has 1 N–H and O–H groups in total. The minimum Gasteiger partial charge on any atom is -0.377 e. The molecule has 6 heteroatoms. The van der Waals surface area contributed by atoms with Crippen molar-refractivity contribution in [2.75, 3.05) is 11.1 Å². The summed E-state index contributed by atoms with van der Waals surface area (Å²) < 4.78 is 24.4. The van der Waals surface area contributed by atoms with E-state index in [1.54, 1.807) is 17.7 Å². The third kappa shape index (κ3) is 2.22. The van der Waals surface area contributed by atoms with E-state index in [0.717, 1.165) is 10.9 Å². The standard InChI is InChI=1S/C14H14N2O3S/c1-16-13-5-3-2-4-11(13)12(8-14(16)17)15-10-6-7-20(18,19)9-10/h2-8,10,15H,9H2,1H3. The molecule has 2 heterocycles. The van der Waals surface area contributed by atoms with E-state index < -0.39 is 9.84 Å². The Morgan fingerprint density at radius 2 is 2.05 bits per heavy atom. The van der Waals surface area contributed by atoms with Crippen LogP contribution in [0.2, 0.25) is 0 Å². The first-order valence-electron chi connectivity index (χ1n) is 6.22. The largest absolute Gasteiger partial charge is 0.377 e. The number of nitrogens with zero attached hydrogens (tertiary/aromatic N) is 1. The van der Waals surface area contributed by atoms with E-state index in [1.165, 1.54) is 11.5 Å². The first-order chi connectivity index (χ1) is 9.46. The van der Waals surface area contributed by atoms with E-state index in [9.17, 15) is 13.2 Å². The van der Waals surface area contributed by atoms with Gasteiger partial charge in [-0.3, -0.25) is 4.79 Å². The second-order valence-electron chi connectivity index (χ2n) is 4.88. The van der Waals surface area contributed by atoms with Gasteiger partial charge in [0, 0.05) is 29.6 Å². The number of sulfone groups is 1. The lowest BCUT2D eigenvalue weighted by Crippen LogP contribution is -2.24. The summed E-state index contributed by atoms with van der Waals surface area (Å²) in [6.45, 7) is 0. The van der Waals surface area contributed by atoms with Crippen molar-refractivity contribution in [2.45, 2.75) is 6.04 Å². The van der Waals surface area contributed by atoms with Crippen LogP contribution in [0.1, 0.15) is 0 Å². The fraction of sp³-hybridized carbons (Fsp3) is 0.214. The molecule has 1 aromatic carbocycles. The molecule has 1 aliphatic heterocycles. The van der Waals surface area contributed by atoms with Gasteiger partial charge in [0.25, 0.3) is 5.56 Å². The van der Waals surface area contributed by atoms with Crippen molar-refractivity contribution in [1.82, 2.24) is 4.57 Å². The highest BCUT2D eigenvalue weighted by molar-refractivity contribution is 7.94. The number of nitrogens with one attached hydrogen (secondary N) is 1. The quantitative estimate of drug-likeness (QED) is 0.904. The Kier molecular flexibility index (Phi) is 2.90. The number of rotatable bonds is 2. The van der Waals surface area contributed by atoms with E-state index in [2.05, 4.69) is 5.32 Å². The van der Waals surface area contributed by atoms with Gasteiger partial charge in [0.1, 0.15) is 0 Å². The molecule has 0 fully saturated rings. The van der Waals surface area contributed by atoms with Crippen molar-refractivity contribution in [2.24, 2.45) is 7.05 Å². The lowest BCUT2D eigenvalue weighted by Gasteiger charge is -2.15. The van der Waals surface area contributed by atoms with Gasteiger partial charge in [-0.25, -0.2) is 8.42 Å². The molecule has 0 aliphatic carbocycles. The number of pyridine rings is 1. The molecule has 0 spiro atoms. The number of benzene rings is 1. The summed E-state index contributed by atoms with van der Waals surface area (Å²) in [6.07, 6.45) is 1.61. The van der Waals surface area contributed by atoms with Crippen LogP contribution >= 0.6 is 0 Å². The molecule has 0 radical (unpaired) electrons. The van der Waals surface area contributed by atoms with Crippen molar-refractivity contribution in [3.05, 3.63) is 52.2 Å². The summed E-state index contributed by atoms with van der Waals surface area (Å²) in [5.74, 6) is 0.0243. The van der Waals surface area contributed by atoms with Crippen LogP contribution in [0.3, 0.4) is 0 Å². The summed E-state index contributed by atoms with van der Waals surface area (Å²) in [7, 11) is -1.40. The fourth-order valence-electron chi connectivity index (χ4n) is 2.40. The monoisotopic (exact) mass is 290 g/mol. The van der Waals surface area contributed by atoms with E-state index >= 15 is 0 Å². The van der Waals surface area contributed by atoms with Gasteiger partial charge in [0.2, 0.25) is 0 Å². The lowest BCUT2D eigenvalue weighted by atomic mass is 10.1. The van der Waals surface area contributed by atoms with Crippen LogP contribution in [0.15, 0.2) is 46.6 Å². The molecule has 1 aliphatic rings. The van der Waals surface area contributed by atoms with E-state index in [-0.39, 0.29) is 17.4 Å². The van der Waals surface area contributed by atoms with Gasteiger partial charge < -0.3 is 9.88 Å². The zero-order chi connectivity index (χ0) is 14.3. The Labute approximate surface area is 116 Å². The van der Waals surface area contributed by atoms with Crippen LogP contribution in [0.5, 0.6) is 0 Å². The van der Waals surface area contributed by atoms with Crippen molar-refractivity contribution in [3.63, 3.8) is 0 Å². The summed E-state index contributed by atoms with van der Waals surface area (Å²) in [5.41, 5.74) is 1.35. The van der Waals surface area contributed by atoms with E-state index in [0.29, 0.717) is 5.69 Å². The third-order valence-corrected chi connectivity index (χ3v) is 4.82. The van der Waals surface area contributed by atoms with E-state index in [4.69, 9.17) is 0 Å². The number of hydrogen-bond donors (Lipinski definition) is 1. The highest BCUT2D eigenvalue weighted by atomic mass is 32.2. The second kappa shape index (κ2) is 4.49. The Morgan fingerprint density at radius 3 is 2.75 bits per heavy atom. The van der Waals surface area contributed by atoms with Crippen LogP contribution in [-0.4, -0.2) is 24.8 Å². The lowest BCUT2D eigenvalue weighted by molar-refractivity contribution is 0.605. The minimum atomic E-state index is -3.11. The molecule has 104 valence electrons. The third-order valence-electron chi connectivity index (χ3n) is 3.42. The first-order valence-corrected chi connectivity index (χ1v) is 7.94. The number of aromatic nitrogens is 1. The number of hydrogen-bond acceptors (Lipinski definition) is 4. The summed E-state index contributed by atoms with van der Waals surface area (Å²) in [4.78, 5) is 11.9. The van der Waals surface area contributed by atoms with Crippen molar-refractivity contribution >= 4 is 26.4 Å². The average Bonchev–Trinajstić information content (AvgIpc) is 2.75. The zero-order valence-corrected chi connectivity index (χ0v) is 11.7. The van der Waals surface area contributed by atoms with Crippen LogP contribution in [-0.2, 0) is 16.9 Å². The van der Waals surface area contributed by atoms with Gasteiger partial charge in [-0.15, -0.1) is 0 Å². The molecule has 0 saturated heterocycles. The fourth-order valence-corrected chi connectivity index (χ4v) is 3.63. The van der Waals surface area contributed by atoms with Crippen molar-refractivity contribution < 1.29 is 8.42 Å². The maximum absolute atomic E-state index is 11.9. The first kappa shape index (κ1) is 12.9. The molecule has 3 rings (SSSR count). The highest BCUT2D eigenvalue weighted by Gasteiger charge is 2.22. The maximum Gasteiger partial charge on any atom is 0.252 e. The predicted octanol–water partition coefficient (Wildman–Crippen LogP) is 1.26. The van der Waals surface area contributed by atoms with Gasteiger partial charge in [0.05, 0.1) is 17.3 Å². The van der Waals surface area contributed by atoms with Gasteiger partial charge in [-0.2, -0.15) is 0 Å². The highest BCUT2D eigenvalue weighted by Crippen LogP contribution is 2.23. The molecule has 20 heavy (non-hydrogen) atoms. The number of fused-ring (bicyclic) bond motifs is 1. The molecule has 1 atom stereocenters. The second-order valence-corrected chi connectivity index (χ2v) is 6.81. The Hall–Kier alpha value is -2.08. The Balaban J connectivity index is 2.07. The van der Waals surface area contributed by atoms with Gasteiger partial charge >= 0.3 is 0 Å². The number of para-hydroxylation sites is 1. The van der Waals surface area contributed by atoms with Gasteiger partial charge in [0.15, 0.2) is 9.84 Å². The number of aryl methyl sites for hydroxylation is 1. The molecular formula is C14H14N2O3S. The average molecular weight is 290 g/mol. The Morgan fingerprint density at radius 1 is 1.30 bits per heavy atom. The summed E-state index contributed by atoms with van der Waals surface area (Å²) in [6, 6.07) is 8.73. The van der Waals surface area contributed by atoms with Gasteiger partial charge in [-0.1, -0.05) is 24.3 Å². The van der Waals surface area contributed by atoms with E-state index in [1.807, 2.05) is 24.3 Å². The molecule has 1 unspecified atom stereocenters. The normalized spacial score (nSPS) is 20.4. The predicted molar refractivity (Wildman–Crippen MR) is 79.5 cm³/mol. The zero-order valence-electron chi connectivity index (χ0n) is 10.9. The smallest absolute Gasteiger partial charge is 0.252 e. The SMILES string of the molecule is Cn1c(=O)cc(NC2C=CS(=O)(=O)C2)c2ccccc21. The molecule has 2 aromatic rings. The number of anilines is 1. The van der Waals surface area contributed by atoms with Gasteiger partial charge in [-0.05, 0) is 6.07 Å². The van der Waals surface area contributed by atoms with Crippen LogP contribution in [0.4, 0.5) is 5.69 Å². The minimum absolute atomic E-state index is 0.0243. The molecule has 1 aromatic heterocycles. The van der Waals surface area contributed by atoms with Crippen molar-refractivity contribution in [1.29, 1.82) is 0 Å². The van der Waals surface area contributed by atoms with Crippen LogP contribution in [0.25, 0.3) is 10.9 Å². The molecule has 0 amide bonds. The Bertz CT molecular complexity index is 866.